The van der Waals surface area contributed by atoms with Gasteiger partial charge < -0.3 is 14.6 Å². The summed E-state index contributed by atoms with van der Waals surface area (Å²) in [7, 11) is 0. The fourth-order valence-electron chi connectivity index (χ4n) is 2.25. The molecule has 2 heterocycles. The lowest BCUT2D eigenvalue weighted by Gasteiger charge is -2.31. The molecule has 1 amide bonds. The van der Waals surface area contributed by atoms with Gasteiger partial charge in [0.1, 0.15) is 0 Å². The first kappa shape index (κ1) is 11.2. The molecule has 0 saturated carbocycles. The van der Waals surface area contributed by atoms with Gasteiger partial charge in [0.25, 0.3) is 5.91 Å². The number of carbonyl (C=O) groups excluding carboxylic acids is 1. The Hall–Kier alpha value is -1.88. The molecule has 0 spiro atoms. The average Bonchev–Trinajstić information content (AvgIpc) is 2.85. The topological polar surface area (TPSA) is 58.2 Å². The number of hydrogen-bond acceptors (Lipinski definition) is 3. The van der Waals surface area contributed by atoms with Crippen molar-refractivity contribution in [3.05, 3.63) is 30.1 Å². The predicted octanol–water partition coefficient (Wildman–Crippen LogP) is 1.42. The second-order valence-electron chi connectivity index (χ2n) is 4.57. The van der Waals surface area contributed by atoms with Gasteiger partial charge >= 0.3 is 0 Å². The van der Waals surface area contributed by atoms with Crippen LogP contribution in [0, 0.1) is 0 Å². The molecule has 5 nitrogen and oxygen atoms in total. The molecule has 3 rings (SSSR count). The van der Waals surface area contributed by atoms with Crippen LogP contribution in [0.2, 0.25) is 0 Å². The summed E-state index contributed by atoms with van der Waals surface area (Å²) >= 11 is 0. The van der Waals surface area contributed by atoms with Gasteiger partial charge in [0.15, 0.2) is 0 Å². The normalized spacial score (nSPS) is 20.3. The van der Waals surface area contributed by atoms with Gasteiger partial charge in [0.2, 0.25) is 0 Å². The molecular formula is C13H15N3O2. The van der Waals surface area contributed by atoms with Gasteiger partial charge in [-0.05, 0) is 25.1 Å². The minimum Gasteiger partial charge on any atom is -0.375 e. The lowest BCUT2D eigenvalue weighted by molar-refractivity contribution is -0.0124. The van der Waals surface area contributed by atoms with Crippen LogP contribution < -0.4 is 0 Å². The maximum absolute atomic E-state index is 12.3. The molecular weight excluding hydrogens is 230 g/mol. The first-order chi connectivity index (χ1) is 8.74. The highest BCUT2D eigenvalue weighted by atomic mass is 16.5. The van der Waals surface area contributed by atoms with E-state index in [1.807, 2.05) is 30.0 Å². The van der Waals surface area contributed by atoms with E-state index >= 15 is 0 Å². The second kappa shape index (κ2) is 4.42. The van der Waals surface area contributed by atoms with Crippen LogP contribution >= 0.6 is 0 Å². The summed E-state index contributed by atoms with van der Waals surface area (Å²) in [6.07, 6.45) is 1.74. The number of aromatic amines is 1. The van der Waals surface area contributed by atoms with Crippen LogP contribution in [0.4, 0.5) is 0 Å². The molecule has 94 valence electrons. The van der Waals surface area contributed by atoms with Gasteiger partial charge in [0, 0.05) is 18.7 Å². The zero-order valence-corrected chi connectivity index (χ0v) is 10.2. The molecule has 1 aromatic carbocycles. The van der Waals surface area contributed by atoms with Crippen LogP contribution in [0.15, 0.2) is 24.5 Å². The average molecular weight is 245 g/mol. The van der Waals surface area contributed by atoms with Crippen LogP contribution in [0.3, 0.4) is 0 Å². The van der Waals surface area contributed by atoms with E-state index in [4.69, 9.17) is 4.74 Å². The number of aromatic nitrogens is 2. The van der Waals surface area contributed by atoms with Gasteiger partial charge in [0.05, 0.1) is 30.1 Å². The van der Waals surface area contributed by atoms with E-state index in [1.54, 1.807) is 6.33 Å². The highest BCUT2D eigenvalue weighted by Gasteiger charge is 2.22. The van der Waals surface area contributed by atoms with Gasteiger partial charge in [-0.15, -0.1) is 0 Å². The fourth-order valence-corrected chi connectivity index (χ4v) is 2.25. The Labute approximate surface area is 105 Å². The van der Waals surface area contributed by atoms with Crippen molar-refractivity contribution >= 4 is 16.9 Å². The molecule has 1 atom stereocenters. The summed E-state index contributed by atoms with van der Waals surface area (Å²) in [6, 6.07) is 5.54. The Morgan fingerprint density at radius 1 is 1.56 bits per heavy atom. The van der Waals surface area contributed by atoms with Crippen molar-refractivity contribution in [2.45, 2.75) is 13.0 Å². The number of rotatable bonds is 1. The quantitative estimate of drug-likeness (QED) is 0.826. The monoisotopic (exact) mass is 245 g/mol. The SMILES string of the molecule is CC1CN(C(=O)c2ccc3nc[nH]c3c2)CCO1. The highest BCUT2D eigenvalue weighted by molar-refractivity contribution is 5.97. The van der Waals surface area contributed by atoms with Crippen LogP contribution in [0.5, 0.6) is 0 Å². The van der Waals surface area contributed by atoms with E-state index in [9.17, 15) is 4.79 Å². The third-order valence-corrected chi connectivity index (χ3v) is 3.20. The number of amides is 1. The number of benzene rings is 1. The fraction of sp³-hybridized carbons (Fsp3) is 0.385. The largest absolute Gasteiger partial charge is 0.375 e. The minimum atomic E-state index is 0.0571. The Morgan fingerprint density at radius 2 is 2.44 bits per heavy atom. The van der Waals surface area contributed by atoms with Crippen molar-refractivity contribution in [3.8, 4) is 0 Å². The molecule has 1 aliphatic heterocycles. The molecule has 1 N–H and O–H groups in total. The lowest BCUT2D eigenvalue weighted by Crippen LogP contribution is -2.44. The van der Waals surface area contributed by atoms with Crippen molar-refractivity contribution in [2.24, 2.45) is 0 Å². The predicted molar refractivity (Wildman–Crippen MR) is 67.4 cm³/mol. The summed E-state index contributed by atoms with van der Waals surface area (Å²) in [5, 5.41) is 0. The number of nitrogens with zero attached hydrogens (tertiary/aromatic N) is 2. The number of imidazole rings is 1. The molecule has 18 heavy (non-hydrogen) atoms. The van der Waals surface area contributed by atoms with Crippen molar-refractivity contribution in [1.29, 1.82) is 0 Å². The number of ether oxygens (including phenoxy) is 1. The van der Waals surface area contributed by atoms with E-state index < -0.39 is 0 Å². The highest BCUT2D eigenvalue weighted by Crippen LogP contribution is 2.15. The van der Waals surface area contributed by atoms with E-state index in [2.05, 4.69) is 9.97 Å². The minimum absolute atomic E-state index is 0.0571. The number of hydrogen-bond donors (Lipinski definition) is 1. The summed E-state index contributed by atoms with van der Waals surface area (Å²) in [6.45, 7) is 3.90. The molecule has 0 radical (unpaired) electrons. The van der Waals surface area contributed by atoms with Crippen LogP contribution in [-0.2, 0) is 4.74 Å². The Morgan fingerprint density at radius 3 is 3.28 bits per heavy atom. The zero-order chi connectivity index (χ0) is 12.5. The van der Waals surface area contributed by atoms with Gasteiger partial charge in [-0.1, -0.05) is 0 Å². The van der Waals surface area contributed by atoms with Crippen molar-refractivity contribution in [2.75, 3.05) is 19.7 Å². The molecule has 1 saturated heterocycles. The molecule has 1 aromatic heterocycles. The first-order valence-corrected chi connectivity index (χ1v) is 6.08. The standard InChI is InChI=1S/C13H15N3O2/c1-9-7-16(4-5-18-9)13(17)10-2-3-11-12(6-10)15-8-14-11/h2-3,6,8-9H,4-5,7H2,1H3,(H,14,15). The summed E-state index contributed by atoms with van der Waals surface area (Å²) < 4.78 is 5.44. The Balaban J connectivity index is 1.86. The van der Waals surface area contributed by atoms with E-state index in [-0.39, 0.29) is 12.0 Å². The third kappa shape index (κ3) is 1.97. The van der Waals surface area contributed by atoms with Crippen LogP contribution in [-0.4, -0.2) is 46.6 Å². The van der Waals surface area contributed by atoms with E-state index in [0.29, 0.717) is 25.3 Å². The van der Waals surface area contributed by atoms with Crippen LogP contribution in [0.1, 0.15) is 17.3 Å². The Bertz CT molecular complexity index is 578. The number of H-pyrrole nitrogens is 1. The summed E-state index contributed by atoms with van der Waals surface area (Å²) in [5.41, 5.74) is 2.46. The van der Waals surface area contributed by atoms with Crippen molar-refractivity contribution in [3.63, 3.8) is 0 Å². The smallest absolute Gasteiger partial charge is 0.254 e. The maximum atomic E-state index is 12.3. The Kier molecular flexibility index (Phi) is 2.76. The zero-order valence-electron chi connectivity index (χ0n) is 10.2. The number of nitrogens with one attached hydrogen (secondary N) is 1. The lowest BCUT2D eigenvalue weighted by atomic mass is 10.1. The summed E-state index contributed by atoms with van der Waals surface area (Å²) in [4.78, 5) is 21.3. The molecule has 2 aromatic rings. The summed E-state index contributed by atoms with van der Waals surface area (Å²) in [5.74, 6) is 0.0571. The molecule has 5 heteroatoms. The maximum Gasteiger partial charge on any atom is 0.254 e. The van der Waals surface area contributed by atoms with Crippen molar-refractivity contribution in [1.82, 2.24) is 14.9 Å². The van der Waals surface area contributed by atoms with Gasteiger partial charge in [-0.25, -0.2) is 4.98 Å². The molecule has 0 aliphatic carbocycles. The number of carbonyl (C=O) groups is 1. The van der Waals surface area contributed by atoms with E-state index in [1.165, 1.54) is 0 Å². The third-order valence-electron chi connectivity index (χ3n) is 3.20. The molecule has 0 bridgehead atoms. The van der Waals surface area contributed by atoms with Gasteiger partial charge in [-0.2, -0.15) is 0 Å². The first-order valence-electron chi connectivity index (χ1n) is 6.08. The van der Waals surface area contributed by atoms with Crippen LogP contribution in [0.25, 0.3) is 11.0 Å². The number of fused-ring (bicyclic) bond motifs is 1. The van der Waals surface area contributed by atoms with Gasteiger partial charge in [-0.3, -0.25) is 4.79 Å². The number of morpholine rings is 1. The molecule has 1 aliphatic rings. The van der Waals surface area contributed by atoms with Crippen molar-refractivity contribution < 1.29 is 9.53 Å². The molecule has 1 unspecified atom stereocenters. The van der Waals surface area contributed by atoms with E-state index in [0.717, 1.165) is 11.0 Å². The molecule has 1 fully saturated rings. The second-order valence-corrected chi connectivity index (χ2v) is 4.57.